The van der Waals surface area contributed by atoms with Crippen LogP contribution in [-0.4, -0.2) is 28.4 Å². The number of rotatable bonds is 8. The number of fused-ring (bicyclic) bond motifs is 1. The Balaban J connectivity index is 1.40. The number of esters is 1. The molecule has 9 nitrogen and oxygen atoms in total. The molecule has 0 aliphatic rings. The van der Waals surface area contributed by atoms with Crippen molar-refractivity contribution in [3.63, 3.8) is 0 Å². The molecule has 0 aliphatic heterocycles. The van der Waals surface area contributed by atoms with Gasteiger partial charge >= 0.3 is 5.97 Å². The number of nitrogens with one attached hydrogen (secondary N) is 1. The van der Waals surface area contributed by atoms with Crippen molar-refractivity contribution in [3.05, 3.63) is 93.0 Å². The first kappa shape index (κ1) is 24.0. The maximum absolute atomic E-state index is 12.7. The Morgan fingerprint density at radius 1 is 1.09 bits per heavy atom. The number of hydrogen-bond donors (Lipinski definition) is 1. The molecule has 0 fully saturated rings. The Morgan fingerprint density at radius 2 is 1.83 bits per heavy atom. The van der Waals surface area contributed by atoms with Crippen molar-refractivity contribution < 1.29 is 23.7 Å². The number of nitro groups is 1. The van der Waals surface area contributed by atoms with E-state index >= 15 is 0 Å². The lowest BCUT2D eigenvalue weighted by Gasteiger charge is -2.12. The topological polar surface area (TPSA) is 125 Å². The van der Waals surface area contributed by atoms with Crippen LogP contribution in [0.4, 0.5) is 11.4 Å². The number of benzene rings is 3. The van der Waals surface area contributed by atoms with Gasteiger partial charge in [0.2, 0.25) is 0 Å². The van der Waals surface area contributed by atoms with Gasteiger partial charge in [-0.25, -0.2) is 9.78 Å². The first-order chi connectivity index (χ1) is 16.8. The van der Waals surface area contributed by atoms with Gasteiger partial charge in [0.25, 0.3) is 16.8 Å². The van der Waals surface area contributed by atoms with Crippen molar-refractivity contribution in [3.8, 4) is 0 Å². The van der Waals surface area contributed by atoms with Crippen LogP contribution in [0, 0.1) is 24.0 Å². The molecule has 0 bridgehead atoms. The third-order valence-corrected chi connectivity index (χ3v) is 6.25. The van der Waals surface area contributed by atoms with Crippen LogP contribution in [0.25, 0.3) is 11.1 Å². The predicted molar refractivity (Wildman–Crippen MR) is 131 cm³/mol. The van der Waals surface area contributed by atoms with Gasteiger partial charge in [-0.1, -0.05) is 48.2 Å². The maximum Gasteiger partial charge on any atom is 0.338 e. The largest absolute Gasteiger partial charge is 0.452 e. The number of oxazole rings is 1. The third-order valence-electron chi connectivity index (χ3n) is 5.37. The van der Waals surface area contributed by atoms with Crippen LogP contribution in [0.2, 0.25) is 0 Å². The molecule has 0 saturated carbocycles. The molecule has 35 heavy (non-hydrogen) atoms. The molecular formula is C25H21N3O6S. The van der Waals surface area contributed by atoms with Crippen LogP contribution in [0.1, 0.15) is 27.0 Å². The Kier molecular flexibility index (Phi) is 7.11. The van der Waals surface area contributed by atoms with Gasteiger partial charge in [-0.05, 0) is 48.7 Å². The summed E-state index contributed by atoms with van der Waals surface area (Å²) in [6, 6.07) is 17.2. The zero-order valence-electron chi connectivity index (χ0n) is 18.9. The molecule has 1 heterocycles. The number of carbonyl (C=O) groups excluding carboxylic acids is 2. The van der Waals surface area contributed by atoms with Crippen LogP contribution in [-0.2, 0) is 15.3 Å². The van der Waals surface area contributed by atoms with Gasteiger partial charge in [0.1, 0.15) is 11.2 Å². The number of aryl methyl sites for hydroxylation is 1. The molecule has 1 amide bonds. The van der Waals surface area contributed by atoms with E-state index in [0.717, 1.165) is 11.1 Å². The summed E-state index contributed by atoms with van der Waals surface area (Å²) in [4.78, 5) is 40.3. The average Bonchev–Trinajstić information content (AvgIpc) is 3.27. The SMILES string of the molecule is Cc1ccc([N+](=O)[O-])c(NC(=O)COC(=O)c2ccccc2CSc2nc3ccccc3o2)c1C. The third kappa shape index (κ3) is 5.49. The lowest BCUT2D eigenvalue weighted by molar-refractivity contribution is -0.384. The number of carbonyl (C=O) groups is 2. The molecule has 178 valence electrons. The number of hydrogen-bond acceptors (Lipinski definition) is 8. The zero-order valence-corrected chi connectivity index (χ0v) is 19.8. The van der Waals surface area contributed by atoms with E-state index in [1.165, 1.54) is 17.8 Å². The van der Waals surface area contributed by atoms with Gasteiger partial charge in [-0.15, -0.1) is 0 Å². The van der Waals surface area contributed by atoms with Gasteiger partial charge in [-0.2, -0.15) is 0 Å². The summed E-state index contributed by atoms with van der Waals surface area (Å²) in [6.45, 7) is 2.87. The van der Waals surface area contributed by atoms with E-state index in [1.807, 2.05) is 24.3 Å². The Labute approximate surface area is 204 Å². The number of anilines is 1. The Bertz CT molecular complexity index is 1400. The highest BCUT2D eigenvalue weighted by Crippen LogP contribution is 2.30. The normalized spacial score (nSPS) is 10.8. The lowest BCUT2D eigenvalue weighted by Crippen LogP contribution is -2.22. The van der Waals surface area contributed by atoms with Crippen LogP contribution in [0.3, 0.4) is 0 Å². The van der Waals surface area contributed by atoms with E-state index in [-0.39, 0.29) is 11.4 Å². The van der Waals surface area contributed by atoms with E-state index in [0.29, 0.717) is 33.2 Å². The molecule has 0 radical (unpaired) electrons. The van der Waals surface area contributed by atoms with Gasteiger partial charge in [0.15, 0.2) is 12.2 Å². The summed E-state index contributed by atoms with van der Waals surface area (Å²) >= 11 is 1.34. The van der Waals surface area contributed by atoms with Crippen molar-refractivity contribution >= 4 is 46.1 Å². The Hall–Kier alpha value is -4.18. The highest BCUT2D eigenvalue weighted by molar-refractivity contribution is 7.98. The molecule has 0 atom stereocenters. The minimum absolute atomic E-state index is 0.0891. The number of amides is 1. The summed E-state index contributed by atoms with van der Waals surface area (Å²) in [5.41, 5.74) is 3.64. The highest BCUT2D eigenvalue weighted by atomic mass is 32.2. The fourth-order valence-corrected chi connectivity index (χ4v) is 4.24. The second-order valence-corrected chi connectivity index (χ2v) is 8.60. The predicted octanol–water partition coefficient (Wildman–Crippen LogP) is 5.44. The molecule has 0 aliphatic carbocycles. The standard InChI is InChI=1S/C25H21N3O6S/c1-15-11-12-20(28(31)32)23(16(15)2)27-22(29)13-33-24(30)18-8-4-3-7-17(18)14-35-25-26-19-9-5-6-10-21(19)34-25/h3-12H,13-14H2,1-2H3,(H,27,29). The van der Waals surface area contributed by atoms with Crippen molar-refractivity contribution in [2.24, 2.45) is 0 Å². The summed E-state index contributed by atoms with van der Waals surface area (Å²) in [7, 11) is 0. The van der Waals surface area contributed by atoms with Crippen molar-refractivity contribution in [2.75, 3.05) is 11.9 Å². The smallest absolute Gasteiger partial charge is 0.338 e. The fourth-order valence-electron chi connectivity index (χ4n) is 3.39. The monoisotopic (exact) mass is 491 g/mol. The highest BCUT2D eigenvalue weighted by Gasteiger charge is 2.21. The van der Waals surface area contributed by atoms with Crippen LogP contribution in [0.5, 0.6) is 0 Å². The molecule has 10 heteroatoms. The summed E-state index contributed by atoms with van der Waals surface area (Å²) in [5.74, 6) is -0.947. The summed E-state index contributed by atoms with van der Waals surface area (Å²) in [5, 5.41) is 14.3. The molecule has 0 spiro atoms. The number of thioether (sulfide) groups is 1. The van der Waals surface area contributed by atoms with Gasteiger partial charge < -0.3 is 14.5 Å². The molecule has 0 saturated heterocycles. The summed E-state index contributed by atoms with van der Waals surface area (Å²) in [6.07, 6.45) is 0. The second-order valence-electron chi connectivity index (χ2n) is 7.68. The first-order valence-electron chi connectivity index (χ1n) is 10.6. The molecule has 0 unspecified atom stereocenters. The lowest BCUT2D eigenvalue weighted by atomic mass is 10.1. The molecule has 1 aromatic heterocycles. The van der Waals surface area contributed by atoms with Crippen molar-refractivity contribution in [1.29, 1.82) is 0 Å². The van der Waals surface area contributed by atoms with E-state index in [9.17, 15) is 19.7 Å². The number of para-hydroxylation sites is 2. The van der Waals surface area contributed by atoms with Crippen LogP contribution >= 0.6 is 11.8 Å². The summed E-state index contributed by atoms with van der Waals surface area (Å²) < 4.78 is 10.9. The van der Waals surface area contributed by atoms with Gasteiger partial charge in [0.05, 0.1) is 10.5 Å². The number of nitro benzene ring substituents is 1. The molecule has 4 aromatic rings. The maximum atomic E-state index is 12.7. The number of nitrogens with zero attached hydrogens (tertiary/aromatic N) is 2. The van der Waals surface area contributed by atoms with E-state index < -0.39 is 23.4 Å². The van der Waals surface area contributed by atoms with E-state index in [4.69, 9.17) is 9.15 Å². The number of ether oxygens (including phenoxy) is 1. The van der Waals surface area contributed by atoms with Crippen LogP contribution < -0.4 is 5.32 Å². The van der Waals surface area contributed by atoms with Gasteiger partial charge in [0, 0.05) is 11.8 Å². The molecular weight excluding hydrogens is 470 g/mol. The number of aromatic nitrogens is 1. The Morgan fingerprint density at radius 3 is 2.60 bits per heavy atom. The second kappa shape index (κ2) is 10.4. The van der Waals surface area contributed by atoms with Crippen molar-refractivity contribution in [1.82, 2.24) is 4.98 Å². The minimum Gasteiger partial charge on any atom is -0.452 e. The van der Waals surface area contributed by atoms with E-state index in [2.05, 4.69) is 10.3 Å². The quantitative estimate of drug-likeness (QED) is 0.149. The minimum atomic E-state index is -0.677. The van der Waals surface area contributed by atoms with Crippen molar-refractivity contribution in [2.45, 2.75) is 24.8 Å². The van der Waals surface area contributed by atoms with Crippen LogP contribution in [0.15, 0.2) is 70.3 Å². The first-order valence-corrected chi connectivity index (χ1v) is 11.6. The molecule has 1 N–H and O–H groups in total. The fraction of sp³-hybridized carbons (Fsp3) is 0.160. The average molecular weight is 492 g/mol. The molecule has 3 aromatic carbocycles. The van der Waals surface area contributed by atoms with Gasteiger partial charge in [-0.3, -0.25) is 14.9 Å². The zero-order chi connectivity index (χ0) is 24.9. The molecule has 4 rings (SSSR count). The van der Waals surface area contributed by atoms with E-state index in [1.54, 1.807) is 44.2 Å².